The second kappa shape index (κ2) is 7.88. The first kappa shape index (κ1) is 18.9. The van der Waals surface area contributed by atoms with Crippen LogP contribution in [0.3, 0.4) is 0 Å². The Balaban J connectivity index is 1.70. The summed E-state index contributed by atoms with van der Waals surface area (Å²) in [6, 6.07) is 12.0. The van der Waals surface area contributed by atoms with Crippen molar-refractivity contribution in [3.8, 4) is 0 Å². The zero-order valence-corrected chi connectivity index (χ0v) is 18.3. The van der Waals surface area contributed by atoms with Crippen LogP contribution in [0.4, 0.5) is 0 Å². The number of allylic oxidation sites excluding steroid dienone is 1. The Morgan fingerprint density at radius 2 is 1.78 bits per heavy atom. The molecule has 0 spiro atoms. The Labute approximate surface area is 176 Å². The highest BCUT2D eigenvalue weighted by Crippen LogP contribution is 2.29. The van der Waals surface area contributed by atoms with E-state index in [2.05, 4.69) is 36.6 Å². The first-order valence-corrected chi connectivity index (χ1v) is 11.3. The van der Waals surface area contributed by atoms with Crippen LogP contribution in [-0.2, 0) is 13.0 Å². The minimum atomic E-state index is 0.729. The number of hydrogen-bond donors (Lipinski definition) is 0. The number of aromatic nitrogens is 2. The molecule has 0 unspecified atom stereocenters. The monoisotopic (exact) mass is 433 g/mol. The number of halogens is 2. The Morgan fingerprint density at radius 3 is 2.52 bits per heavy atom. The molecule has 27 heavy (non-hydrogen) atoms. The molecular formula is C21H19Cl2N2S2+. The van der Waals surface area contributed by atoms with Crippen molar-refractivity contribution in [2.75, 3.05) is 0 Å². The van der Waals surface area contributed by atoms with Gasteiger partial charge in [-0.3, -0.25) is 0 Å². The van der Waals surface area contributed by atoms with E-state index in [1.54, 1.807) is 11.3 Å². The molecule has 0 radical (unpaired) electrons. The minimum Gasteiger partial charge on any atom is -0.237 e. The van der Waals surface area contributed by atoms with Gasteiger partial charge in [0.05, 0.1) is 16.6 Å². The van der Waals surface area contributed by atoms with Gasteiger partial charge >= 0.3 is 0 Å². The highest BCUT2D eigenvalue weighted by atomic mass is 35.5. The molecule has 0 aliphatic rings. The summed E-state index contributed by atoms with van der Waals surface area (Å²) in [5.41, 5.74) is 3.56. The van der Waals surface area contributed by atoms with Crippen LogP contribution in [0, 0.1) is 0 Å². The molecule has 2 nitrogen and oxygen atoms in total. The molecule has 0 bridgehead atoms. The summed E-state index contributed by atoms with van der Waals surface area (Å²) in [6.45, 7) is 5.33. The van der Waals surface area contributed by atoms with Gasteiger partial charge in [0.1, 0.15) is 16.3 Å². The van der Waals surface area contributed by atoms with Gasteiger partial charge in [-0.2, -0.15) is 4.57 Å². The average molecular weight is 434 g/mol. The number of thiazole rings is 2. The number of nitrogens with zero attached hydrogens (tertiary/aromatic N) is 2. The molecule has 2 aromatic heterocycles. The van der Waals surface area contributed by atoms with E-state index in [1.165, 1.54) is 25.5 Å². The maximum absolute atomic E-state index is 6.21. The molecule has 6 heteroatoms. The second-order valence-corrected chi connectivity index (χ2v) is 9.40. The van der Waals surface area contributed by atoms with Gasteiger partial charge in [-0.05, 0) is 49.8 Å². The van der Waals surface area contributed by atoms with E-state index >= 15 is 0 Å². The number of fused-ring (bicyclic) bond motifs is 2. The molecule has 2 aromatic carbocycles. The number of rotatable bonds is 5. The fourth-order valence-corrected chi connectivity index (χ4v) is 5.74. The maximum atomic E-state index is 6.21. The number of benzene rings is 2. The van der Waals surface area contributed by atoms with Crippen LogP contribution in [0.5, 0.6) is 0 Å². The molecule has 0 saturated carbocycles. The van der Waals surface area contributed by atoms with Gasteiger partial charge in [-0.1, -0.05) is 47.0 Å². The Bertz CT molecular complexity index is 1160. The summed E-state index contributed by atoms with van der Waals surface area (Å²) in [7, 11) is 0. The molecular weight excluding hydrogens is 415 g/mol. The van der Waals surface area contributed by atoms with Crippen molar-refractivity contribution in [2.45, 2.75) is 33.2 Å². The van der Waals surface area contributed by atoms with Crippen LogP contribution in [-0.4, -0.2) is 4.98 Å². The molecule has 138 valence electrons. The SMILES string of the molecule is CCC(=Cc1nc2cc(Cl)ccc2s1)Cc1sc2ccc(Cl)cc2[n+]1CC. The summed E-state index contributed by atoms with van der Waals surface area (Å²) < 4.78 is 4.82. The van der Waals surface area contributed by atoms with Crippen molar-refractivity contribution in [3.05, 3.63) is 62.0 Å². The van der Waals surface area contributed by atoms with Crippen LogP contribution in [0.2, 0.25) is 10.0 Å². The summed E-state index contributed by atoms with van der Waals surface area (Å²) in [5.74, 6) is 0. The standard InChI is InChI=1S/C21H19Cl2N2S2/c1-3-13(9-20-24-16-11-14(22)5-7-18(16)26-20)10-21-25(4-2)17-12-15(23)6-8-19(17)27-21/h5-9,11-12H,3-4,10H2,1-2H3/q+1. The van der Waals surface area contributed by atoms with Crippen molar-refractivity contribution in [2.24, 2.45) is 0 Å². The fraction of sp³-hybridized carbons (Fsp3) is 0.238. The molecule has 0 atom stereocenters. The first-order valence-electron chi connectivity index (χ1n) is 8.93. The van der Waals surface area contributed by atoms with Gasteiger partial charge in [0, 0.05) is 16.1 Å². The maximum Gasteiger partial charge on any atom is 0.242 e. The van der Waals surface area contributed by atoms with E-state index in [0.29, 0.717) is 0 Å². The largest absolute Gasteiger partial charge is 0.242 e. The Hall–Kier alpha value is -1.46. The predicted molar refractivity (Wildman–Crippen MR) is 119 cm³/mol. The summed E-state index contributed by atoms with van der Waals surface area (Å²) in [6.07, 6.45) is 4.16. The summed E-state index contributed by atoms with van der Waals surface area (Å²) in [4.78, 5) is 4.74. The second-order valence-electron chi connectivity index (χ2n) is 6.35. The first-order chi connectivity index (χ1) is 13.1. The number of hydrogen-bond acceptors (Lipinski definition) is 3. The van der Waals surface area contributed by atoms with Gasteiger partial charge in [-0.25, -0.2) is 4.98 Å². The normalized spacial score (nSPS) is 12.4. The molecule has 0 fully saturated rings. The van der Waals surface area contributed by atoms with Crippen molar-refractivity contribution in [3.63, 3.8) is 0 Å². The van der Waals surface area contributed by atoms with Crippen LogP contribution in [0.15, 0.2) is 42.0 Å². The van der Waals surface area contributed by atoms with Gasteiger partial charge in [0.15, 0.2) is 0 Å². The molecule has 0 saturated heterocycles. The van der Waals surface area contributed by atoms with Gasteiger partial charge in [0.25, 0.3) is 0 Å². The van der Waals surface area contributed by atoms with E-state index in [4.69, 9.17) is 28.2 Å². The minimum absolute atomic E-state index is 0.729. The van der Waals surface area contributed by atoms with E-state index < -0.39 is 0 Å². The molecule has 0 amide bonds. The topological polar surface area (TPSA) is 16.8 Å². The van der Waals surface area contributed by atoms with Crippen molar-refractivity contribution in [1.82, 2.24) is 4.98 Å². The zero-order chi connectivity index (χ0) is 19.0. The lowest BCUT2D eigenvalue weighted by Gasteiger charge is -2.01. The third kappa shape index (κ3) is 3.90. The van der Waals surface area contributed by atoms with Crippen LogP contribution < -0.4 is 4.57 Å². The Kier molecular flexibility index (Phi) is 5.51. The van der Waals surface area contributed by atoms with Crippen molar-refractivity contribution < 1.29 is 4.57 Å². The highest BCUT2D eigenvalue weighted by Gasteiger charge is 2.20. The molecule has 4 aromatic rings. The predicted octanol–water partition coefficient (Wildman–Crippen LogP) is 7.16. The quantitative estimate of drug-likeness (QED) is 0.305. The third-order valence-electron chi connectivity index (χ3n) is 4.58. The molecule has 0 aliphatic carbocycles. The van der Waals surface area contributed by atoms with E-state index in [1.807, 2.05) is 35.6 Å². The van der Waals surface area contributed by atoms with Crippen molar-refractivity contribution >= 4 is 72.4 Å². The average Bonchev–Trinajstić information content (AvgIpc) is 3.20. The highest BCUT2D eigenvalue weighted by molar-refractivity contribution is 7.19. The third-order valence-corrected chi connectivity index (χ3v) is 7.20. The molecule has 0 N–H and O–H groups in total. The van der Waals surface area contributed by atoms with Gasteiger partial charge in [0.2, 0.25) is 10.5 Å². The van der Waals surface area contributed by atoms with Gasteiger partial charge < -0.3 is 0 Å². The zero-order valence-electron chi connectivity index (χ0n) is 15.1. The van der Waals surface area contributed by atoms with Gasteiger partial charge in [-0.15, -0.1) is 11.3 Å². The van der Waals surface area contributed by atoms with E-state index in [-0.39, 0.29) is 0 Å². The smallest absolute Gasteiger partial charge is 0.237 e. The van der Waals surface area contributed by atoms with E-state index in [9.17, 15) is 0 Å². The number of aryl methyl sites for hydroxylation is 1. The van der Waals surface area contributed by atoms with Crippen LogP contribution in [0.25, 0.3) is 26.5 Å². The lowest BCUT2D eigenvalue weighted by molar-refractivity contribution is -0.670. The van der Waals surface area contributed by atoms with Crippen molar-refractivity contribution in [1.29, 1.82) is 0 Å². The summed E-state index contributed by atoms with van der Waals surface area (Å²) >= 11 is 15.9. The molecule has 2 heterocycles. The molecule has 4 rings (SSSR count). The van der Waals surface area contributed by atoms with E-state index in [0.717, 1.165) is 40.0 Å². The lowest BCUT2D eigenvalue weighted by Crippen LogP contribution is -2.35. The summed E-state index contributed by atoms with van der Waals surface area (Å²) in [5, 5.41) is 3.91. The van der Waals surface area contributed by atoms with Crippen LogP contribution in [0.1, 0.15) is 30.3 Å². The Morgan fingerprint density at radius 1 is 1.04 bits per heavy atom. The van der Waals surface area contributed by atoms with Crippen LogP contribution >= 0.6 is 45.9 Å². The molecule has 0 aliphatic heterocycles. The lowest BCUT2D eigenvalue weighted by atomic mass is 10.1. The fourth-order valence-electron chi connectivity index (χ4n) is 3.21.